The van der Waals surface area contributed by atoms with E-state index in [1.54, 1.807) is 7.11 Å². The van der Waals surface area contributed by atoms with Crippen LogP contribution < -0.4 is 10.1 Å². The van der Waals surface area contributed by atoms with Gasteiger partial charge in [0, 0.05) is 23.9 Å². The van der Waals surface area contributed by atoms with Crippen molar-refractivity contribution in [2.24, 2.45) is 0 Å². The summed E-state index contributed by atoms with van der Waals surface area (Å²) in [6.45, 7) is 6.08. The minimum atomic E-state index is -0.0364. The molecule has 0 unspecified atom stereocenters. The maximum absolute atomic E-state index is 9.49. The number of methoxy groups -OCH3 is 1. The number of nitrogens with one attached hydrogen (secondary N) is 1. The van der Waals surface area contributed by atoms with Crippen molar-refractivity contribution in [2.45, 2.75) is 33.2 Å². The number of anilines is 1. The van der Waals surface area contributed by atoms with Crippen LogP contribution in [0.15, 0.2) is 30.3 Å². The molecular weight excluding hydrogens is 316 g/mol. The lowest BCUT2D eigenvalue weighted by Crippen LogP contribution is -2.15. The molecular formula is C19H24N4O2. The van der Waals surface area contributed by atoms with Crippen molar-refractivity contribution in [3.8, 4) is 5.75 Å². The first-order valence-electron chi connectivity index (χ1n) is 8.38. The van der Waals surface area contributed by atoms with Gasteiger partial charge in [0.05, 0.1) is 18.8 Å². The van der Waals surface area contributed by atoms with Crippen LogP contribution in [0.4, 0.5) is 5.82 Å². The van der Waals surface area contributed by atoms with Crippen molar-refractivity contribution in [1.82, 2.24) is 14.6 Å². The summed E-state index contributed by atoms with van der Waals surface area (Å²) in [7, 11) is 1.65. The van der Waals surface area contributed by atoms with Gasteiger partial charge in [-0.2, -0.15) is 9.61 Å². The zero-order valence-electron chi connectivity index (χ0n) is 15.1. The summed E-state index contributed by atoms with van der Waals surface area (Å²) in [6, 6.07) is 9.82. The van der Waals surface area contributed by atoms with E-state index in [4.69, 9.17) is 4.74 Å². The van der Waals surface area contributed by atoms with Crippen molar-refractivity contribution < 1.29 is 9.84 Å². The van der Waals surface area contributed by atoms with Crippen LogP contribution in [0.5, 0.6) is 5.75 Å². The average Bonchev–Trinajstić information content (AvgIpc) is 2.90. The molecule has 0 saturated carbocycles. The standard InChI is InChI=1S/C19H24N4O2/c1-12-11-18(23-19(20-12)13(2)14(3)22-23)21-17(9-10-24)15-5-7-16(25-4)8-6-15/h5-8,11,17,21,24H,9-10H2,1-4H3/t17-/m0/s1. The van der Waals surface area contributed by atoms with Gasteiger partial charge in [-0.15, -0.1) is 0 Å². The maximum Gasteiger partial charge on any atom is 0.160 e. The molecule has 0 aliphatic rings. The first-order chi connectivity index (χ1) is 12.0. The number of aromatic nitrogens is 3. The van der Waals surface area contributed by atoms with Gasteiger partial charge in [-0.1, -0.05) is 12.1 Å². The minimum Gasteiger partial charge on any atom is -0.497 e. The summed E-state index contributed by atoms with van der Waals surface area (Å²) < 4.78 is 7.06. The summed E-state index contributed by atoms with van der Waals surface area (Å²) in [5, 5.41) is 17.6. The number of aliphatic hydroxyl groups is 1. The van der Waals surface area contributed by atoms with Crippen LogP contribution in [0.25, 0.3) is 5.65 Å². The second-order valence-electron chi connectivity index (χ2n) is 6.21. The largest absolute Gasteiger partial charge is 0.497 e. The zero-order chi connectivity index (χ0) is 18.0. The molecule has 1 aromatic carbocycles. The molecule has 2 heterocycles. The van der Waals surface area contributed by atoms with Gasteiger partial charge in [-0.25, -0.2) is 4.98 Å². The van der Waals surface area contributed by atoms with Crippen LogP contribution in [0.2, 0.25) is 0 Å². The predicted molar refractivity (Wildman–Crippen MR) is 98.3 cm³/mol. The quantitative estimate of drug-likeness (QED) is 0.721. The number of fused-ring (bicyclic) bond motifs is 1. The Morgan fingerprint density at radius 2 is 1.92 bits per heavy atom. The summed E-state index contributed by atoms with van der Waals surface area (Å²) in [5.74, 6) is 1.68. The third-order valence-corrected chi connectivity index (χ3v) is 4.44. The fourth-order valence-corrected chi connectivity index (χ4v) is 2.92. The zero-order valence-corrected chi connectivity index (χ0v) is 15.1. The second kappa shape index (κ2) is 7.11. The van der Waals surface area contributed by atoms with E-state index in [-0.39, 0.29) is 12.6 Å². The van der Waals surface area contributed by atoms with Crippen LogP contribution in [-0.4, -0.2) is 33.4 Å². The van der Waals surface area contributed by atoms with Gasteiger partial charge in [-0.3, -0.25) is 0 Å². The lowest BCUT2D eigenvalue weighted by Gasteiger charge is -2.20. The van der Waals surface area contributed by atoms with Crippen molar-refractivity contribution in [3.63, 3.8) is 0 Å². The molecule has 6 heteroatoms. The highest BCUT2D eigenvalue weighted by Gasteiger charge is 2.16. The van der Waals surface area contributed by atoms with Crippen molar-refractivity contribution >= 4 is 11.5 Å². The molecule has 2 aromatic heterocycles. The van der Waals surface area contributed by atoms with E-state index in [1.807, 2.05) is 55.6 Å². The maximum atomic E-state index is 9.49. The number of ether oxygens (including phenoxy) is 1. The monoisotopic (exact) mass is 340 g/mol. The summed E-state index contributed by atoms with van der Waals surface area (Å²) in [6.07, 6.45) is 0.592. The molecule has 0 fully saturated rings. The Balaban J connectivity index is 1.99. The van der Waals surface area contributed by atoms with Crippen LogP contribution in [0.1, 0.15) is 35.0 Å². The summed E-state index contributed by atoms with van der Waals surface area (Å²) >= 11 is 0. The number of benzene rings is 1. The Hall–Kier alpha value is -2.60. The topological polar surface area (TPSA) is 71.7 Å². The van der Waals surface area contributed by atoms with Crippen LogP contribution >= 0.6 is 0 Å². The third kappa shape index (κ3) is 3.44. The van der Waals surface area contributed by atoms with E-state index in [9.17, 15) is 5.11 Å². The highest BCUT2D eigenvalue weighted by molar-refractivity contribution is 5.56. The van der Waals surface area contributed by atoms with E-state index in [0.717, 1.165) is 39.7 Å². The van der Waals surface area contributed by atoms with Gasteiger partial charge in [-0.05, 0) is 44.9 Å². The molecule has 0 spiro atoms. The SMILES string of the molecule is COc1ccc([C@H](CCO)Nc2cc(C)nc3c(C)c(C)nn23)cc1. The number of nitrogens with zero attached hydrogens (tertiary/aromatic N) is 3. The van der Waals surface area contributed by atoms with Gasteiger partial charge >= 0.3 is 0 Å². The molecule has 2 N–H and O–H groups in total. The minimum absolute atomic E-state index is 0.0364. The highest BCUT2D eigenvalue weighted by Crippen LogP contribution is 2.26. The summed E-state index contributed by atoms with van der Waals surface area (Å²) in [4.78, 5) is 4.60. The van der Waals surface area contributed by atoms with E-state index < -0.39 is 0 Å². The van der Waals surface area contributed by atoms with Crippen LogP contribution in [0.3, 0.4) is 0 Å². The molecule has 0 radical (unpaired) electrons. The first-order valence-corrected chi connectivity index (χ1v) is 8.38. The van der Waals surface area contributed by atoms with Gasteiger partial charge in [0.1, 0.15) is 11.6 Å². The van der Waals surface area contributed by atoms with Gasteiger partial charge in [0.2, 0.25) is 0 Å². The molecule has 0 amide bonds. The second-order valence-corrected chi connectivity index (χ2v) is 6.21. The average molecular weight is 340 g/mol. The first kappa shape index (κ1) is 17.2. The Bertz CT molecular complexity index is 871. The van der Waals surface area contributed by atoms with Gasteiger partial charge in [0.15, 0.2) is 5.65 Å². The van der Waals surface area contributed by atoms with Crippen LogP contribution in [-0.2, 0) is 0 Å². The molecule has 6 nitrogen and oxygen atoms in total. The number of hydrogen-bond donors (Lipinski definition) is 2. The van der Waals surface area contributed by atoms with Gasteiger partial charge in [0.25, 0.3) is 0 Å². The number of aryl methyl sites for hydroxylation is 3. The smallest absolute Gasteiger partial charge is 0.160 e. The lowest BCUT2D eigenvalue weighted by molar-refractivity contribution is 0.280. The number of aliphatic hydroxyl groups excluding tert-OH is 1. The fourth-order valence-electron chi connectivity index (χ4n) is 2.92. The molecule has 3 rings (SSSR count). The molecule has 25 heavy (non-hydrogen) atoms. The third-order valence-electron chi connectivity index (χ3n) is 4.44. The molecule has 0 aliphatic carbocycles. The molecule has 3 aromatic rings. The van der Waals surface area contributed by atoms with E-state index in [0.29, 0.717) is 6.42 Å². The molecule has 132 valence electrons. The summed E-state index contributed by atoms with van der Waals surface area (Å²) in [5.41, 5.74) is 4.91. The highest BCUT2D eigenvalue weighted by atomic mass is 16.5. The Morgan fingerprint density at radius 3 is 2.56 bits per heavy atom. The Labute approximate surface area is 147 Å². The van der Waals surface area contributed by atoms with E-state index in [2.05, 4.69) is 15.4 Å². The molecule has 1 atom stereocenters. The van der Waals surface area contributed by atoms with Crippen molar-refractivity contribution in [3.05, 3.63) is 52.8 Å². The number of rotatable bonds is 6. The fraction of sp³-hybridized carbons (Fsp3) is 0.368. The Morgan fingerprint density at radius 1 is 1.20 bits per heavy atom. The van der Waals surface area contributed by atoms with Crippen molar-refractivity contribution in [2.75, 3.05) is 19.0 Å². The normalized spacial score (nSPS) is 12.4. The Kier molecular flexibility index (Phi) is 4.90. The van der Waals surface area contributed by atoms with E-state index in [1.165, 1.54) is 0 Å². The molecule has 0 bridgehead atoms. The van der Waals surface area contributed by atoms with Gasteiger partial charge < -0.3 is 15.2 Å². The molecule has 0 saturated heterocycles. The number of hydrogen-bond acceptors (Lipinski definition) is 5. The van der Waals surface area contributed by atoms with Crippen LogP contribution in [0, 0.1) is 20.8 Å². The predicted octanol–water partition coefficient (Wildman–Crippen LogP) is 3.20. The van der Waals surface area contributed by atoms with Crippen molar-refractivity contribution in [1.29, 1.82) is 0 Å². The van der Waals surface area contributed by atoms with E-state index >= 15 is 0 Å². The lowest BCUT2D eigenvalue weighted by atomic mass is 10.0. The molecule has 0 aliphatic heterocycles.